The second-order valence-electron chi connectivity index (χ2n) is 5.33. The summed E-state index contributed by atoms with van der Waals surface area (Å²) in [6.07, 6.45) is 4.91. The number of aryl methyl sites for hydroxylation is 1. The number of carbonyl (C=O) groups is 1. The molecule has 116 valence electrons. The number of benzene rings is 2. The normalized spacial score (nSPS) is 10.5. The molecular formula is C19H17ClN2O. The number of carbonyl (C=O) groups excluding carboxylic acids is 1. The number of halogens is 1. The lowest BCUT2D eigenvalue weighted by molar-refractivity contribution is -0.116. The van der Waals surface area contributed by atoms with Crippen LogP contribution in [-0.4, -0.2) is 10.9 Å². The highest BCUT2D eigenvalue weighted by Crippen LogP contribution is 2.30. The molecule has 1 amide bonds. The molecule has 2 aromatic carbocycles. The Bertz CT molecular complexity index is 782. The SMILES string of the molecule is O=C(CCc1ccccc1)Nc1ccc(-c2cc[nH]c2)c(Cl)c1. The summed E-state index contributed by atoms with van der Waals surface area (Å²) < 4.78 is 0. The molecule has 0 aliphatic rings. The van der Waals surface area contributed by atoms with Gasteiger partial charge in [-0.05, 0) is 30.2 Å². The third-order valence-electron chi connectivity index (χ3n) is 3.65. The number of aromatic amines is 1. The first-order valence-electron chi connectivity index (χ1n) is 7.49. The van der Waals surface area contributed by atoms with E-state index in [1.54, 1.807) is 6.07 Å². The summed E-state index contributed by atoms with van der Waals surface area (Å²) in [5, 5.41) is 3.51. The summed E-state index contributed by atoms with van der Waals surface area (Å²) in [5.74, 6) is -0.0145. The smallest absolute Gasteiger partial charge is 0.224 e. The van der Waals surface area contributed by atoms with Crippen LogP contribution in [0.3, 0.4) is 0 Å². The van der Waals surface area contributed by atoms with Crippen LogP contribution in [0, 0.1) is 0 Å². The van der Waals surface area contributed by atoms with Gasteiger partial charge in [0.05, 0.1) is 5.02 Å². The van der Waals surface area contributed by atoms with Crippen molar-refractivity contribution >= 4 is 23.2 Å². The van der Waals surface area contributed by atoms with Crippen molar-refractivity contribution < 1.29 is 4.79 Å². The van der Waals surface area contributed by atoms with Gasteiger partial charge in [0, 0.05) is 35.6 Å². The van der Waals surface area contributed by atoms with Crippen LogP contribution in [0.5, 0.6) is 0 Å². The molecule has 3 nitrogen and oxygen atoms in total. The molecule has 0 radical (unpaired) electrons. The Hall–Kier alpha value is -2.52. The minimum Gasteiger partial charge on any atom is -0.367 e. The largest absolute Gasteiger partial charge is 0.367 e. The third kappa shape index (κ3) is 4.02. The van der Waals surface area contributed by atoms with Gasteiger partial charge in [0.15, 0.2) is 0 Å². The highest BCUT2D eigenvalue weighted by molar-refractivity contribution is 6.33. The van der Waals surface area contributed by atoms with Crippen LogP contribution in [0.25, 0.3) is 11.1 Å². The molecule has 3 rings (SSSR count). The Labute approximate surface area is 140 Å². The van der Waals surface area contributed by atoms with E-state index in [0.29, 0.717) is 17.1 Å². The van der Waals surface area contributed by atoms with Crippen molar-refractivity contribution in [1.29, 1.82) is 0 Å². The quantitative estimate of drug-likeness (QED) is 0.688. The monoisotopic (exact) mass is 324 g/mol. The highest BCUT2D eigenvalue weighted by atomic mass is 35.5. The zero-order chi connectivity index (χ0) is 16.1. The van der Waals surface area contributed by atoms with E-state index in [1.807, 2.05) is 60.9 Å². The van der Waals surface area contributed by atoms with Crippen molar-refractivity contribution in [3.05, 3.63) is 77.6 Å². The lowest BCUT2D eigenvalue weighted by atomic mass is 10.1. The van der Waals surface area contributed by atoms with Crippen LogP contribution in [0.1, 0.15) is 12.0 Å². The van der Waals surface area contributed by atoms with Gasteiger partial charge in [0.1, 0.15) is 0 Å². The van der Waals surface area contributed by atoms with Crippen LogP contribution in [0.2, 0.25) is 5.02 Å². The van der Waals surface area contributed by atoms with Crippen LogP contribution in [0.15, 0.2) is 67.0 Å². The van der Waals surface area contributed by atoms with E-state index in [0.717, 1.165) is 23.1 Å². The molecule has 0 unspecified atom stereocenters. The van der Waals surface area contributed by atoms with Crippen LogP contribution in [0.4, 0.5) is 5.69 Å². The molecule has 0 aliphatic heterocycles. The van der Waals surface area contributed by atoms with Gasteiger partial charge in [-0.15, -0.1) is 0 Å². The first-order valence-corrected chi connectivity index (χ1v) is 7.86. The topological polar surface area (TPSA) is 44.9 Å². The van der Waals surface area contributed by atoms with E-state index in [9.17, 15) is 4.79 Å². The number of hydrogen-bond acceptors (Lipinski definition) is 1. The standard InChI is InChI=1S/C19H17ClN2O/c20-18-12-16(7-8-17(18)15-10-11-21-13-15)22-19(23)9-6-14-4-2-1-3-5-14/h1-5,7-8,10-13,21H,6,9H2,(H,22,23). The number of amides is 1. The number of aromatic nitrogens is 1. The van der Waals surface area contributed by atoms with E-state index in [2.05, 4.69) is 10.3 Å². The number of rotatable bonds is 5. The maximum atomic E-state index is 12.1. The lowest BCUT2D eigenvalue weighted by Crippen LogP contribution is -2.12. The van der Waals surface area contributed by atoms with Crippen molar-refractivity contribution in [3.63, 3.8) is 0 Å². The molecule has 0 atom stereocenters. The third-order valence-corrected chi connectivity index (χ3v) is 3.96. The fourth-order valence-electron chi connectivity index (χ4n) is 2.44. The predicted molar refractivity (Wildman–Crippen MR) is 94.6 cm³/mol. The summed E-state index contributed by atoms with van der Waals surface area (Å²) >= 11 is 6.31. The molecule has 1 heterocycles. The predicted octanol–water partition coefficient (Wildman–Crippen LogP) is 4.91. The van der Waals surface area contributed by atoms with E-state index < -0.39 is 0 Å². The van der Waals surface area contributed by atoms with E-state index >= 15 is 0 Å². The van der Waals surface area contributed by atoms with Gasteiger partial charge in [-0.25, -0.2) is 0 Å². The molecule has 1 aromatic heterocycles. The Kier molecular flexibility index (Phi) is 4.79. The van der Waals surface area contributed by atoms with Crippen molar-refractivity contribution in [2.45, 2.75) is 12.8 Å². The Morgan fingerprint density at radius 2 is 1.91 bits per heavy atom. The Morgan fingerprint density at radius 3 is 2.61 bits per heavy atom. The zero-order valence-corrected chi connectivity index (χ0v) is 13.3. The summed E-state index contributed by atoms with van der Waals surface area (Å²) in [6.45, 7) is 0. The Balaban J connectivity index is 1.62. The van der Waals surface area contributed by atoms with Crippen LogP contribution in [-0.2, 0) is 11.2 Å². The zero-order valence-electron chi connectivity index (χ0n) is 12.6. The molecular weight excluding hydrogens is 308 g/mol. The molecule has 0 spiro atoms. The second kappa shape index (κ2) is 7.16. The summed E-state index contributed by atoms with van der Waals surface area (Å²) in [7, 11) is 0. The van der Waals surface area contributed by atoms with Gasteiger partial charge in [-0.2, -0.15) is 0 Å². The van der Waals surface area contributed by atoms with Crippen molar-refractivity contribution in [1.82, 2.24) is 4.98 Å². The summed E-state index contributed by atoms with van der Waals surface area (Å²) in [6, 6.07) is 17.5. The molecule has 0 saturated carbocycles. The van der Waals surface area contributed by atoms with Gasteiger partial charge >= 0.3 is 0 Å². The van der Waals surface area contributed by atoms with Crippen LogP contribution < -0.4 is 5.32 Å². The molecule has 3 aromatic rings. The average Bonchev–Trinajstić information content (AvgIpc) is 3.08. The maximum absolute atomic E-state index is 12.1. The average molecular weight is 325 g/mol. The van der Waals surface area contributed by atoms with Gasteiger partial charge in [-0.1, -0.05) is 48.0 Å². The Morgan fingerprint density at radius 1 is 1.09 bits per heavy atom. The summed E-state index contributed by atoms with van der Waals surface area (Å²) in [5.41, 5.74) is 3.84. The number of nitrogens with one attached hydrogen (secondary N) is 2. The molecule has 0 fully saturated rings. The number of hydrogen-bond donors (Lipinski definition) is 2. The minimum atomic E-state index is -0.0145. The first kappa shape index (κ1) is 15.4. The second-order valence-corrected chi connectivity index (χ2v) is 5.74. The number of anilines is 1. The van der Waals surface area contributed by atoms with Crippen LogP contribution >= 0.6 is 11.6 Å². The van der Waals surface area contributed by atoms with E-state index in [1.165, 1.54) is 0 Å². The van der Waals surface area contributed by atoms with Gasteiger partial charge in [0.25, 0.3) is 0 Å². The molecule has 0 aliphatic carbocycles. The maximum Gasteiger partial charge on any atom is 0.224 e. The van der Waals surface area contributed by atoms with E-state index in [-0.39, 0.29) is 5.91 Å². The first-order chi connectivity index (χ1) is 11.2. The molecule has 0 bridgehead atoms. The molecule has 0 saturated heterocycles. The summed E-state index contributed by atoms with van der Waals surface area (Å²) in [4.78, 5) is 15.1. The molecule has 23 heavy (non-hydrogen) atoms. The van der Waals surface area contributed by atoms with Crippen molar-refractivity contribution in [2.24, 2.45) is 0 Å². The van der Waals surface area contributed by atoms with Crippen molar-refractivity contribution in [2.75, 3.05) is 5.32 Å². The van der Waals surface area contributed by atoms with E-state index in [4.69, 9.17) is 11.6 Å². The number of H-pyrrole nitrogens is 1. The fraction of sp³-hybridized carbons (Fsp3) is 0.105. The van der Waals surface area contributed by atoms with Crippen molar-refractivity contribution in [3.8, 4) is 11.1 Å². The van der Waals surface area contributed by atoms with Gasteiger partial charge in [-0.3, -0.25) is 4.79 Å². The molecule has 2 N–H and O–H groups in total. The fourth-order valence-corrected chi connectivity index (χ4v) is 2.73. The minimum absolute atomic E-state index is 0.0145. The van der Waals surface area contributed by atoms with Gasteiger partial charge < -0.3 is 10.3 Å². The highest BCUT2D eigenvalue weighted by Gasteiger charge is 2.07. The lowest BCUT2D eigenvalue weighted by Gasteiger charge is -2.08. The van der Waals surface area contributed by atoms with Gasteiger partial charge in [0.2, 0.25) is 5.91 Å². The molecule has 4 heteroatoms.